The number of pyridine rings is 1. The minimum Gasteiger partial charge on any atom is -0.348 e. The molecule has 0 saturated carbocycles. The molecule has 150 valence electrons. The smallest absolute Gasteiger partial charge is 0.268 e. The second-order valence-corrected chi connectivity index (χ2v) is 10.2. The van der Waals surface area contributed by atoms with E-state index in [1.54, 1.807) is 42.7 Å². The Balaban J connectivity index is 1.80. The molecule has 2 aromatic carbocycles. The predicted octanol–water partition coefficient (Wildman–Crippen LogP) is 4.80. The maximum absolute atomic E-state index is 13.8. The summed E-state index contributed by atoms with van der Waals surface area (Å²) in [5, 5.41) is 1.36. The fraction of sp³-hybridized carbons (Fsp3) is 0.174. The first-order valence-corrected chi connectivity index (χ1v) is 11.4. The van der Waals surface area contributed by atoms with Crippen LogP contribution in [-0.2, 0) is 26.0 Å². The van der Waals surface area contributed by atoms with Crippen LogP contribution in [0.1, 0.15) is 36.2 Å². The van der Waals surface area contributed by atoms with Crippen LogP contribution in [0.15, 0.2) is 71.9 Å². The molecule has 0 amide bonds. The van der Waals surface area contributed by atoms with Crippen molar-refractivity contribution in [1.29, 1.82) is 0 Å². The summed E-state index contributed by atoms with van der Waals surface area (Å²) in [5.41, 5.74) is 1.90. The number of rotatable bonds is 2. The molecule has 0 spiro atoms. The highest BCUT2D eigenvalue weighted by atomic mass is 35.5. The van der Waals surface area contributed by atoms with Crippen molar-refractivity contribution in [2.75, 3.05) is 0 Å². The van der Waals surface area contributed by atoms with Crippen LogP contribution in [0.5, 0.6) is 0 Å². The summed E-state index contributed by atoms with van der Waals surface area (Å²) in [6.07, 6.45) is 3.34. The van der Waals surface area contributed by atoms with Crippen LogP contribution in [0, 0.1) is 0 Å². The number of fused-ring (bicyclic) bond motifs is 10. The van der Waals surface area contributed by atoms with Gasteiger partial charge in [0, 0.05) is 34.5 Å². The summed E-state index contributed by atoms with van der Waals surface area (Å²) in [7, 11) is -3.86. The standard InChI is InChI=1S/C23H17ClN2O3S/c1-22-16-12-25-13-17(24)20(16)23(2,29-22)19-15-10-6-7-11-18(15)26(21(19)22)30(27,28)14-8-4-3-5-9-14/h3-13H,1-2H3. The van der Waals surface area contributed by atoms with Gasteiger partial charge in [0.2, 0.25) is 0 Å². The molecule has 6 rings (SSSR count). The van der Waals surface area contributed by atoms with Crippen LogP contribution in [0.3, 0.4) is 0 Å². The van der Waals surface area contributed by atoms with Gasteiger partial charge in [0.25, 0.3) is 10.0 Å². The summed E-state index contributed by atoms with van der Waals surface area (Å²) in [4.78, 5) is 4.49. The van der Waals surface area contributed by atoms with Crippen molar-refractivity contribution >= 4 is 32.5 Å². The fourth-order valence-corrected chi connectivity index (χ4v) is 7.20. The molecule has 2 atom stereocenters. The summed E-state index contributed by atoms with van der Waals surface area (Å²) >= 11 is 6.56. The molecule has 5 nitrogen and oxygen atoms in total. The Morgan fingerprint density at radius 2 is 1.63 bits per heavy atom. The van der Waals surface area contributed by atoms with Crippen molar-refractivity contribution in [2.45, 2.75) is 29.9 Å². The minimum atomic E-state index is -3.86. The zero-order valence-corrected chi connectivity index (χ0v) is 17.8. The third kappa shape index (κ3) is 1.92. The first kappa shape index (κ1) is 18.1. The van der Waals surface area contributed by atoms with Gasteiger partial charge in [-0.25, -0.2) is 12.4 Å². The van der Waals surface area contributed by atoms with Crippen molar-refractivity contribution in [3.63, 3.8) is 0 Å². The van der Waals surface area contributed by atoms with Crippen molar-refractivity contribution < 1.29 is 13.2 Å². The van der Waals surface area contributed by atoms with Crippen LogP contribution in [0.4, 0.5) is 0 Å². The minimum absolute atomic E-state index is 0.231. The molecule has 0 saturated heterocycles. The zero-order chi connectivity index (χ0) is 20.9. The van der Waals surface area contributed by atoms with E-state index in [0.717, 1.165) is 22.1 Å². The average molecular weight is 437 g/mol. The Morgan fingerprint density at radius 1 is 0.933 bits per heavy atom. The first-order chi connectivity index (χ1) is 14.3. The van der Waals surface area contributed by atoms with E-state index in [4.69, 9.17) is 16.3 Å². The molecule has 0 fully saturated rings. The molecule has 2 unspecified atom stereocenters. The lowest BCUT2D eigenvalue weighted by molar-refractivity contribution is -0.0530. The van der Waals surface area contributed by atoms with E-state index in [1.165, 1.54) is 3.97 Å². The van der Waals surface area contributed by atoms with Crippen molar-refractivity contribution in [2.24, 2.45) is 0 Å². The van der Waals surface area contributed by atoms with E-state index in [-0.39, 0.29) is 4.90 Å². The number of nitrogens with zero attached hydrogens (tertiary/aromatic N) is 2. The van der Waals surface area contributed by atoms with Gasteiger partial charge in [0.15, 0.2) is 0 Å². The molecule has 4 aromatic rings. The van der Waals surface area contributed by atoms with Gasteiger partial charge in [-0.1, -0.05) is 48.0 Å². The van der Waals surface area contributed by atoms with E-state index in [9.17, 15) is 8.42 Å². The van der Waals surface area contributed by atoms with E-state index in [0.29, 0.717) is 16.2 Å². The number of aromatic nitrogens is 2. The summed E-state index contributed by atoms with van der Waals surface area (Å²) in [6, 6.07) is 16.0. The molecular formula is C23H17ClN2O3S. The third-order valence-electron chi connectivity index (χ3n) is 6.34. The zero-order valence-electron chi connectivity index (χ0n) is 16.3. The molecule has 2 aliphatic heterocycles. The number of halogens is 1. The van der Waals surface area contributed by atoms with E-state index >= 15 is 0 Å². The van der Waals surface area contributed by atoms with Gasteiger partial charge in [0.1, 0.15) is 11.2 Å². The Morgan fingerprint density at radius 3 is 2.40 bits per heavy atom. The van der Waals surface area contributed by atoms with Crippen LogP contribution in [-0.4, -0.2) is 17.4 Å². The molecule has 2 aromatic heterocycles. The molecule has 0 radical (unpaired) electrons. The highest BCUT2D eigenvalue weighted by Gasteiger charge is 2.63. The molecule has 0 N–H and O–H groups in total. The third-order valence-corrected chi connectivity index (χ3v) is 8.36. The number of hydrogen-bond acceptors (Lipinski definition) is 4. The molecular weight excluding hydrogens is 420 g/mol. The molecule has 4 heterocycles. The second kappa shape index (κ2) is 5.52. The first-order valence-electron chi connectivity index (χ1n) is 9.60. The maximum Gasteiger partial charge on any atom is 0.268 e. The Labute approximate surface area is 178 Å². The van der Waals surface area contributed by atoms with Gasteiger partial charge in [-0.2, -0.15) is 0 Å². The normalized spacial score (nSPS) is 24.2. The Bertz CT molecular complexity index is 1480. The number of para-hydroxylation sites is 1. The highest BCUT2D eigenvalue weighted by Crippen LogP contribution is 2.64. The monoisotopic (exact) mass is 436 g/mol. The van der Waals surface area contributed by atoms with E-state index in [2.05, 4.69) is 4.98 Å². The Kier molecular flexibility index (Phi) is 3.33. The molecule has 2 bridgehead atoms. The number of ether oxygens (including phenoxy) is 1. The van der Waals surface area contributed by atoms with Gasteiger partial charge in [-0.15, -0.1) is 0 Å². The van der Waals surface area contributed by atoms with Gasteiger partial charge in [-0.05, 0) is 32.0 Å². The van der Waals surface area contributed by atoms with E-state index in [1.807, 2.05) is 38.1 Å². The largest absolute Gasteiger partial charge is 0.348 e. The van der Waals surface area contributed by atoms with Gasteiger partial charge in [0.05, 0.1) is 21.1 Å². The van der Waals surface area contributed by atoms with E-state index < -0.39 is 21.2 Å². The summed E-state index contributed by atoms with van der Waals surface area (Å²) < 4.78 is 35.7. The topological polar surface area (TPSA) is 61.2 Å². The lowest BCUT2D eigenvalue weighted by atomic mass is 9.77. The molecule has 7 heteroatoms. The van der Waals surface area contributed by atoms with Crippen LogP contribution in [0.25, 0.3) is 10.9 Å². The molecule has 0 aliphatic carbocycles. The number of hydrogen-bond donors (Lipinski definition) is 0. The van der Waals surface area contributed by atoms with Gasteiger partial charge < -0.3 is 4.74 Å². The Hall–Kier alpha value is -2.67. The van der Waals surface area contributed by atoms with Crippen LogP contribution >= 0.6 is 11.6 Å². The lowest BCUT2D eigenvalue weighted by Gasteiger charge is -2.25. The molecule has 30 heavy (non-hydrogen) atoms. The highest BCUT2D eigenvalue weighted by molar-refractivity contribution is 7.90. The quantitative estimate of drug-likeness (QED) is 0.453. The van der Waals surface area contributed by atoms with Crippen molar-refractivity contribution in [3.8, 4) is 0 Å². The van der Waals surface area contributed by atoms with Crippen molar-refractivity contribution in [1.82, 2.24) is 8.96 Å². The van der Waals surface area contributed by atoms with Crippen molar-refractivity contribution in [3.05, 3.63) is 94.4 Å². The van der Waals surface area contributed by atoms with Crippen LogP contribution < -0.4 is 0 Å². The maximum atomic E-state index is 13.8. The number of benzene rings is 2. The predicted molar refractivity (Wildman–Crippen MR) is 114 cm³/mol. The molecule has 2 aliphatic rings. The summed E-state index contributed by atoms with van der Waals surface area (Å²) in [5.74, 6) is 0. The fourth-order valence-electron chi connectivity index (χ4n) is 5.22. The van der Waals surface area contributed by atoms with Crippen LogP contribution in [0.2, 0.25) is 5.02 Å². The van der Waals surface area contributed by atoms with Gasteiger partial charge >= 0.3 is 0 Å². The lowest BCUT2D eigenvalue weighted by Crippen LogP contribution is -2.28. The average Bonchev–Trinajstić information content (AvgIpc) is 3.30. The van der Waals surface area contributed by atoms with Gasteiger partial charge in [-0.3, -0.25) is 4.98 Å². The second-order valence-electron chi connectivity index (χ2n) is 8.04. The summed E-state index contributed by atoms with van der Waals surface area (Å²) in [6.45, 7) is 3.86. The SMILES string of the molecule is CC12OC(C)(c3cncc(Cl)c31)c1c2c2ccccc2n1S(=O)(=O)c1ccccc1.